The average Bonchev–Trinajstić information content (AvgIpc) is 2.43. The Morgan fingerprint density at radius 3 is 2.89 bits per heavy atom. The van der Waals surface area contributed by atoms with Gasteiger partial charge in [-0.05, 0) is 31.0 Å². The Morgan fingerprint density at radius 2 is 2.16 bits per heavy atom. The highest BCUT2D eigenvalue weighted by molar-refractivity contribution is 5.75. The minimum Gasteiger partial charge on any atom is -0.321 e. The molecular formula is C15H21N3O. The van der Waals surface area contributed by atoms with Gasteiger partial charge in [-0.15, -0.1) is 0 Å². The predicted octanol–water partition coefficient (Wildman–Crippen LogP) is 2.69. The van der Waals surface area contributed by atoms with Crippen molar-refractivity contribution in [3.63, 3.8) is 0 Å². The number of nitrogens with zero attached hydrogens (tertiary/aromatic N) is 2. The topological polar surface area (TPSA) is 46.9 Å². The lowest BCUT2D eigenvalue weighted by atomic mass is 10.1. The van der Waals surface area contributed by atoms with Crippen LogP contribution in [0.2, 0.25) is 0 Å². The van der Waals surface area contributed by atoms with E-state index >= 15 is 0 Å². The number of hydrogen-bond acceptors (Lipinski definition) is 3. The van der Waals surface area contributed by atoms with Gasteiger partial charge in [-0.2, -0.15) is 0 Å². The monoisotopic (exact) mass is 259 g/mol. The lowest BCUT2D eigenvalue weighted by Gasteiger charge is -2.13. The van der Waals surface area contributed by atoms with E-state index in [0.717, 1.165) is 43.2 Å². The van der Waals surface area contributed by atoms with E-state index in [0.29, 0.717) is 5.65 Å². The minimum absolute atomic E-state index is 0.0316. The molecule has 0 fully saturated rings. The van der Waals surface area contributed by atoms with Gasteiger partial charge in [-0.25, -0.2) is 9.66 Å². The molecule has 0 aliphatic rings. The Hall–Kier alpha value is -1.84. The zero-order valence-corrected chi connectivity index (χ0v) is 11.6. The van der Waals surface area contributed by atoms with Crippen LogP contribution < -0.4 is 11.0 Å². The van der Waals surface area contributed by atoms with E-state index in [4.69, 9.17) is 0 Å². The van der Waals surface area contributed by atoms with E-state index in [9.17, 15) is 4.79 Å². The highest BCUT2D eigenvalue weighted by Gasteiger charge is 2.08. The van der Waals surface area contributed by atoms with E-state index in [1.54, 1.807) is 10.9 Å². The first-order valence-corrected chi connectivity index (χ1v) is 7.01. The van der Waals surface area contributed by atoms with Crippen molar-refractivity contribution in [2.24, 2.45) is 0 Å². The van der Waals surface area contributed by atoms with Crippen molar-refractivity contribution in [1.82, 2.24) is 9.66 Å². The molecule has 0 amide bonds. The van der Waals surface area contributed by atoms with Gasteiger partial charge in [0.1, 0.15) is 0 Å². The molecule has 0 unspecified atom stereocenters. The number of nitrogens with one attached hydrogen (secondary N) is 1. The number of pyridine rings is 2. The van der Waals surface area contributed by atoms with E-state index < -0.39 is 0 Å². The summed E-state index contributed by atoms with van der Waals surface area (Å²) in [7, 11) is 0. The summed E-state index contributed by atoms with van der Waals surface area (Å²) in [5.41, 5.74) is 4.79. The smallest absolute Gasteiger partial charge is 0.274 e. The molecule has 0 radical (unpaired) electrons. The Kier molecular flexibility index (Phi) is 4.55. The molecule has 0 bridgehead atoms. The maximum atomic E-state index is 12.4. The van der Waals surface area contributed by atoms with Crippen molar-refractivity contribution in [2.45, 2.75) is 39.5 Å². The molecule has 2 aromatic rings. The van der Waals surface area contributed by atoms with Crippen LogP contribution in [0.25, 0.3) is 11.0 Å². The molecule has 0 atom stereocenters. The number of rotatable bonds is 6. The number of aromatic nitrogens is 2. The first kappa shape index (κ1) is 13.6. The average molecular weight is 259 g/mol. The molecule has 2 aromatic heterocycles. The fourth-order valence-corrected chi connectivity index (χ4v) is 2.16. The van der Waals surface area contributed by atoms with Crippen LogP contribution in [0.15, 0.2) is 29.2 Å². The van der Waals surface area contributed by atoms with E-state index in [1.807, 2.05) is 18.2 Å². The molecule has 0 aromatic carbocycles. The molecule has 0 saturated heterocycles. The molecule has 1 N–H and O–H groups in total. The van der Waals surface area contributed by atoms with Gasteiger partial charge in [0, 0.05) is 23.7 Å². The van der Waals surface area contributed by atoms with Crippen molar-refractivity contribution < 1.29 is 0 Å². The normalized spacial score (nSPS) is 10.8. The summed E-state index contributed by atoms with van der Waals surface area (Å²) in [4.78, 5) is 16.7. The van der Waals surface area contributed by atoms with Gasteiger partial charge < -0.3 is 5.43 Å². The summed E-state index contributed by atoms with van der Waals surface area (Å²) in [6.07, 6.45) is 5.63. The Labute approximate surface area is 113 Å². The third kappa shape index (κ3) is 2.95. The lowest BCUT2D eigenvalue weighted by molar-refractivity contribution is 0.737. The van der Waals surface area contributed by atoms with Crippen LogP contribution in [0.3, 0.4) is 0 Å². The van der Waals surface area contributed by atoms with Crippen molar-refractivity contribution in [2.75, 3.05) is 12.0 Å². The fourth-order valence-electron chi connectivity index (χ4n) is 2.16. The Morgan fingerprint density at radius 1 is 1.32 bits per heavy atom. The van der Waals surface area contributed by atoms with Crippen LogP contribution in [0, 0.1) is 0 Å². The van der Waals surface area contributed by atoms with Gasteiger partial charge in [0.05, 0.1) is 0 Å². The Bertz CT molecular complexity index is 604. The van der Waals surface area contributed by atoms with Crippen molar-refractivity contribution in [3.05, 3.63) is 40.3 Å². The van der Waals surface area contributed by atoms with Crippen LogP contribution >= 0.6 is 0 Å². The minimum atomic E-state index is 0.0316. The SMILES string of the molecule is CCCCNn1c(=O)c(CCC)cc2cccnc21. The maximum absolute atomic E-state index is 12.4. The lowest BCUT2D eigenvalue weighted by Crippen LogP contribution is -2.32. The largest absolute Gasteiger partial charge is 0.321 e. The molecule has 0 saturated carbocycles. The summed E-state index contributed by atoms with van der Waals surface area (Å²) in [5, 5.41) is 1.01. The summed E-state index contributed by atoms with van der Waals surface area (Å²) >= 11 is 0. The summed E-state index contributed by atoms with van der Waals surface area (Å²) in [6, 6.07) is 5.87. The van der Waals surface area contributed by atoms with Gasteiger partial charge in [-0.1, -0.05) is 26.7 Å². The van der Waals surface area contributed by atoms with Gasteiger partial charge in [0.25, 0.3) is 5.56 Å². The number of unbranched alkanes of at least 4 members (excludes halogenated alkanes) is 1. The molecule has 0 spiro atoms. The molecule has 0 aliphatic heterocycles. The number of aryl methyl sites for hydroxylation is 1. The van der Waals surface area contributed by atoms with Gasteiger partial charge in [0.2, 0.25) is 0 Å². The standard InChI is InChI=1S/C15H21N3O/c1-3-5-10-17-18-14-12(8-6-9-16-14)11-13(7-4-2)15(18)19/h6,8-9,11,17H,3-5,7,10H2,1-2H3. The molecule has 2 rings (SSSR count). The first-order chi connectivity index (χ1) is 9.27. The Balaban J connectivity index is 2.49. The fraction of sp³-hybridized carbons (Fsp3) is 0.467. The third-order valence-corrected chi connectivity index (χ3v) is 3.16. The molecule has 102 valence electrons. The first-order valence-electron chi connectivity index (χ1n) is 7.01. The van der Waals surface area contributed by atoms with Crippen LogP contribution in [0.4, 0.5) is 0 Å². The summed E-state index contributed by atoms with van der Waals surface area (Å²) in [5.74, 6) is 0. The van der Waals surface area contributed by atoms with Gasteiger partial charge in [-0.3, -0.25) is 4.79 Å². The molecular weight excluding hydrogens is 238 g/mol. The van der Waals surface area contributed by atoms with Gasteiger partial charge >= 0.3 is 0 Å². The van der Waals surface area contributed by atoms with Gasteiger partial charge in [0.15, 0.2) is 5.65 Å². The molecule has 4 nitrogen and oxygen atoms in total. The summed E-state index contributed by atoms with van der Waals surface area (Å²) < 4.78 is 1.61. The molecule has 0 aliphatic carbocycles. The van der Waals surface area contributed by atoms with Crippen LogP contribution in [-0.2, 0) is 6.42 Å². The molecule has 4 heteroatoms. The van der Waals surface area contributed by atoms with E-state index in [-0.39, 0.29) is 5.56 Å². The van der Waals surface area contributed by atoms with Crippen molar-refractivity contribution in [1.29, 1.82) is 0 Å². The maximum Gasteiger partial charge on any atom is 0.274 e. The summed E-state index contributed by atoms with van der Waals surface area (Å²) in [6.45, 7) is 5.01. The van der Waals surface area contributed by atoms with Crippen LogP contribution in [0.1, 0.15) is 38.7 Å². The highest BCUT2D eigenvalue weighted by Crippen LogP contribution is 2.10. The third-order valence-electron chi connectivity index (χ3n) is 3.16. The zero-order chi connectivity index (χ0) is 13.7. The second kappa shape index (κ2) is 6.36. The van der Waals surface area contributed by atoms with Crippen molar-refractivity contribution in [3.8, 4) is 0 Å². The quantitative estimate of drug-likeness (QED) is 0.811. The second-order valence-electron chi connectivity index (χ2n) is 4.74. The second-order valence-corrected chi connectivity index (χ2v) is 4.74. The van der Waals surface area contributed by atoms with Crippen LogP contribution in [0.5, 0.6) is 0 Å². The number of hydrogen-bond donors (Lipinski definition) is 1. The van der Waals surface area contributed by atoms with E-state index in [1.165, 1.54) is 0 Å². The zero-order valence-electron chi connectivity index (χ0n) is 11.6. The molecule has 19 heavy (non-hydrogen) atoms. The van der Waals surface area contributed by atoms with Crippen LogP contribution in [-0.4, -0.2) is 16.2 Å². The highest BCUT2D eigenvalue weighted by atomic mass is 16.1. The molecule has 2 heterocycles. The van der Waals surface area contributed by atoms with Crippen molar-refractivity contribution >= 4 is 11.0 Å². The number of fused-ring (bicyclic) bond motifs is 1. The predicted molar refractivity (Wildman–Crippen MR) is 79.1 cm³/mol. The van der Waals surface area contributed by atoms with E-state index in [2.05, 4.69) is 24.3 Å².